The minimum Gasteiger partial charge on any atom is -0.370 e. The van der Waals surface area contributed by atoms with E-state index in [2.05, 4.69) is 10.3 Å². The smallest absolute Gasteiger partial charge is 0.257 e. The molecular formula is C15H22FN3O. The fourth-order valence-corrected chi connectivity index (χ4v) is 2.17. The molecule has 0 bridgehead atoms. The highest BCUT2D eigenvalue weighted by molar-refractivity contribution is 5.98. The van der Waals surface area contributed by atoms with E-state index >= 15 is 0 Å². The molecular weight excluding hydrogens is 257 g/mol. The topological polar surface area (TPSA) is 45.2 Å². The molecule has 1 aromatic rings. The Morgan fingerprint density at radius 1 is 1.55 bits per heavy atom. The number of aromatic nitrogens is 1. The van der Waals surface area contributed by atoms with E-state index in [0.717, 1.165) is 12.7 Å². The first-order valence-electron chi connectivity index (χ1n) is 7.23. The fraction of sp³-hybridized carbons (Fsp3) is 0.600. The van der Waals surface area contributed by atoms with Crippen LogP contribution in [0.3, 0.4) is 0 Å². The van der Waals surface area contributed by atoms with E-state index in [0.29, 0.717) is 23.8 Å². The van der Waals surface area contributed by atoms with E-state index in [4.69, 9.17) is 0 Å². The van der Waals surface area contributed by atoms with Crippen LogP contribution in [-0.4, -0.2) is 34.9 Å². The van der Waals surface area contributed by atoms with Crippen LogP contribution in [0.1, 0.15) is 44.0 Å². The number of halogens is 1. The van der Waals surface area contributed by atoms with Gasteiger partial charge in [0, 0.05) is 19.1 Å². The van der Waals surface area contributed by atoms with Crippen molar-refractivity contribution >= 4 is 11.7 Å². The second-order valence-electron chi connectivity index (χ2n) is 5.57. The van der Waals surface area contributed by atoms with Crippen LogP contribution in [0.5, 0.6) is 0 Å². The predicted molar refractivity (Wildman–Crippen MR) is 77.3 cm³/mol. The van der Waals surface area contributed by atoms with Crippen molar-refractivity contribution in [3.05, 3.63) is 23.6 Å². The molecule has 0 spiro atoms. The number of carbonyl (C=O) groups is 1. The van der Waals surface area contributed by atoms with E-state index in [1.54, 1.807) is 0 Å². The van der Waals surface area contributed by atoms with Gasteiger partial charge in [0.15, 0.2) is 0 Å². The van der Waals surface area contributed by atoms with Gasteiger partial charge < -0.3 is 10.2 Å². The highest BCUT2D eigenvalue weighted by Gasteiger charge is 2.30. The standard InChI is InChI=1S/C15H22FN3O/c1-4-17-14-13(7-12(16)8-18-14)15(20)19(10(2)3)9-11-5-6-11/h7-8,10-11H,4-6,9H2,1-3H3,(H,17,18). The number of pyridine rings is 1. The molecule has 0 radical (unpaired) electrons. The first-order chi connectivity index (χ1) is 9.52. The summed E-state index contributed by atoms with van der Waals surface area (Å²) >= 11 is 0. The van der Waals surface area contributed by atoms with Crippen LogP contribution < -0.4 is 5.32 Å². The molecule has 1 aliphatic rings. The molecule has 1 heterocycles. The van der Waals surface area contributed by atoms with Gasteiger partial charge in [0.05, 0.1) is 11.8 Å². The molecule has 1 aromatic heterocycles. The predicted octanol–water partition coefficient (Wildman–Crippen LogP) is 2.91. The number of anilines is 1. The Morgan fingerprint density at radius 2 is 2.25 bits per heavy atom. The maximum absolute atomic E-state index is 13.4. The highest BCUT2D eigenvalue weighted by Crippen LogP contribution is 2.31. The zero-order valence-corrected chi connectivity index (χ0v) is 12.3. The Labute approximate surface area is 119 Å². The fourth-order valence-electron chi connectivity index (χ4n) is 2.17. The van der Waals surface area contributed by atoms with Gasteiger partial charge in [-0.25, -0.2) is 9.37 Å². The van der Waals surface area contributed by atoms with Crippen molar-refractivity contribution in [2.24, 2.45) is 5.92 Å². The van der Waals surface area contributed by atoms with Crippen LogP contribution in [0, 0.1) is 11.7 Å². The molecule has 0 aliphatic heterocycles. The van der Waals surface area contributed by atoms with Crippen LogP contribution in [0.15, 0.2) is 12.3 Å². The first-order valence-corrected chi connectivity index (χ1v) is 7.23. The number of amides is 1. The van der Waals surface area contributed by atoms with E-state index in [9.17, 15) is 9.18 Å². The first kappa shape index (κ1) is 14.8. The van der Waals surface area contributed by atoms with E-state index < -0.39 is 5.82 Å². The molecule has 5 heteroatoms. The Hall–Kier alpha value is -1.65. The van der Waals surface area contributed by atoms with Crippen molar-refractivity contribution in [1.29, 1.82) is 0 Å². The molecule has 0 atom stereocenters. The maximum Gasteiger partial charge on any atom is 0.257 e. The van der Waals surface area contributed by atoms with Gasteiger partial charge in [-0.2, -0.15) is 0 Å². The molecule has 0 unspecified atom stereocenters. The van der Waals surface area contributed by atoms with Crippen molar-refractivity contribution in [3.8, 4) is 0 Å². The van der Waals surface area contributed by atoms with Gasteiger partial charge in [0.25, 0.3) is 5.91 Å². The Balaban J connectivity index is 2.26. The SMILES string of the molecule is CCNc1ncc(F)cc1C(=O)N(CC1CC1)C(C)C. The van der Waals surface area contributed by atoms with E-state index in [1.165, 1.54) is 18.9 Å². The summed E-state index contributed by atoms with van der Waals surface area (Å²) in [6, 6.07) is 1.37. The second-order valence-corrected chi connectivity index (χ2v) is 5.57. The van der Waals surface area contributed by atoms with Crippen molar-refractivity contribution in [2.45, 2.75) is 39.7 Å². The minimum absolute atomic E-state index is 0.0980. The zero-order chi connectivity index (χ0) is 14.7. The molecule has 0 aromatic carbocycles. The average Bonchev–Trinajstić information content (AvgIpc) is 3.21. The number of hydrogen-bond donors (Lipinski definition) is 1. The summed E-state index contributed by atoms with van der Waals surface area (Å²) in [5, 5.41) is 3.02. The summed E-state index contributed by atoms with van der Waals surface area (Å²) < 4.78 is 13.4. The summed E-state index contributed by atoms with van der Waals surface area (Å²) in [6.45, 7) is 7.28. The van der Waals surface area contributed by atoms with Gasteiger partial charge in [-0.1, -0.05) is 0 Å². The normalized spacial score (nSPS) is 14.4. The Bertz CT molecular complexity index is 486. The van der Waals surface area contributed by atoms with Crippen LogP contribution in [0.4, 0.5) is 10.2 Å². The summed E-state index contributed by atoms with van der Waals surface area (Å²) in [4.78, 5) is 18.5. The summed E-state index contributed by atoms with van der Waals surface area (Å²) in [5.41, 5.74) is 0.321. The third-order valence-corrected chi connectivity index (χ3v) is 3.46. The van der Waals surface area contributed by atoms with Gasteiger partial charge in [-0.05, 0) is 45.6 Å². The number of rotatable bonds is 6. The minimum atomic E-state index is -0.481. The largest absolute Gasteiger partial charge is 0.370 e. The maximum atomic E-state index is 13.4. The molecule has 2 rings (SSSR count). The van der Waals surface area contributed by atoms with Gasteiger partial charge in [0.1, 0.15) is 11.6 Å². The highest BCUT2D eigenvalue weighted by atomic mass is 19.1. The number of nitrogens with one attached hydrogen (secondary N) is 1. The number of carbonyl (C=O) groups excluding carboxylic acids is 1. The molecule has 1 aliphatic carbocycles. The average molecular weight is 279 g/mol. The van der Waals surface area contributed by atoms with Gasteiger partial charge in [0.2, 0.25) is 0 Å². The lowest BCUT2D eigenvalue weighted by Gasteiger charge is -2.27. The monoisotopic (exact) mass is 279 g/mol. The van der Waals surface area contributed by atoms with Gasteiger partial charge >= 0.3 is 0 Å². The molecule has 1 saturated carbocycles. The van der Waals surface area contributed by atoms with Crippen molar-refractivity contribution in [3.63, 3.8) is 0 Å². The summed E-state index contributed by atoms with van der Waals surface area (Å²) in [6.07, 6.45) is 3.49. The third kappa shape index (κ3) is 3.46. The lowest BCUT2D eigenvalue weighted by Crippen LogP contribution is -2.39. The quantitative estimate of drug-likeness (QED) is 0.871. The molecule has 1 fully saturated rings. The van der Waals surface area contributed by atoms with Crippen molar-refractivity contribution in [2.75, 3.05) is 18.4 Å². The van der Waals surface area contributed by atoms with E-state index in [1.807, 2.05) is 25.7 Å². The van der Waals surface area contributed by atoms with Crippen LogP contribution in [0.25, 0.3) is 0 Å². The Kier molecular flexibility index (Phi) is 4.57. The van der Waals surface area contributed by atoms with E-state index in [-0.39, 0.29) is 11.9 Å². The van der Waals surface area contributed by atoms with Crippen molar-refractivity contribution < 1.29 is 9.18 Å². The second kappa shape index (κ2) is 6.20. The van der Waals surface area contributed by atoms with Crippen LogP contribution in [-0.2, 0) is 0 Å². The molecule has 1 amide bonds. The lowest BCUT2D eigenvalue weighted by molar-refractivity contribution is 0.0696. The molecule has 0 saturated heterocycles. The molecule has 4 nitrogen and oxygen atoms in total. The van der Waals surface area contributed by atoms with Crippen molar-refractivity contribution in [1.82, 2.24) is 9.88 Å². The van der Waals surface area contributed by atoms with Gasteiger partial charge in [-0.3, -0.25) is 4.79 Å². The molecule has 20 heavy (non-hydrogen) atoms. The zero-order valence-electron chi connectivity index (χ0n) is 12.3. The number of nitrogens with zero attached hydrogens (tertiary/aromatic N) is 2. The summed E-state index contributed by atoms with van der Waals surface area (Å²) in [5.74, 6) is 0.436. The Morgan fingerprint density at radius 3 is 2.80 bits per heavy atom. The third-order valence-electron chi connectivity index (χ3n) is 3.46. The summed E-state index contributed by atoms with van der Waals surface area (Å²) in [7, 11) is 0. The lowest BCUT2D eigenvalue weighted by atomic mass is 10.1. The molecule has 110 valence electrons. The van der Waals surface area contributed by atoms with Gasteiger partial charge in [-0.15, -0.1) is 0 Å². The van der Waals surface area contributed by atoms with Crippen LogP contribution >= 0.6 is 0 Å². The molecule has 1 N–H and O–H groups in total. The van der Waals surface area contributed by atoms with Crippen LogP contribution in [0.2, 0.25) is 0 Å². The number of hydrogen-bond acceptors (Lipinski definition) is 3.